The molecule has 8 rings (SSSR count). The van der Waals surface area contributed by atoms with E-state index in [4.69, 9.17) is 23.0 Å². The number of hydrogen-bond donors (Lipinski definition) is 6. The van der Waals surface area contributed by atoms with Gasteiger partial charge in [0.2, 0.25) is 29.5 Å². The summed E-state index contributed by atoms with van der Waals surface area (Å²) in [5.74, 6) is -7.08. The van der Waals surface area contributed by atoms with Crippen molar-refractivity contribution < 1.29 is 71.4 Å². The van der Waals surface area contributed by atoms with E-state index >= 15 is 24.0 Å². The zero-order valence-corrected chi connectivity index (χ0v) is 51.0. The standard InChI is InChI=1S/C67H77N6O15P/c1-5-44(2)59-67(82)88-45(3)60(71-63(78)57(84-40-49-25-15-8-16-26-49)43-87-89(83,85-41-50-27-17-9-18-28-50)86-42-51-29-19-10-20-30-51)64(79)69-54(37-46-21-11-6-12-22-46)61(76)68-53-35-36-58(75)73(65(53)80)56(39-47-23-13-7-14-24-47)66(81)72(4)55(62(77)70-59)38-48-31-33-52(74)34-32-48/h6-34,44-45,53-60,74-75H,5,35-43H2,1-4H3,(H,68,76)(H,69,79)(H,70,77)(H,71,78)/t44-,45+,53-,54?,55-,56?,57-,58+,59-,60?/m0/s1. The Morgan fingerprint density at radius 3 is 1.65 bits per heavy atom. The Balaban J connectivity index is 1.18. The lowest BCUT2D eigenvalue weighted by molar-refractivity contribution is -0.165. The summed E-state index contributed by atoms with van der Waals surface area (Å²) in [6.07, 6.45) is -5.17. The molecule has 6 N–H and O–H groups in total. The van der Waals surface area contributed by atoms with Crippen molar-refractivity contribution in [3.63, 3.8) is 0 Å². The second-order valence-corrected chi connectivity index (χ2v) is 23.9. The predicted molar refractivity (Wildman–Crippen MR) is 328 cm³/mol. The number of phenols is 1. The van der Waals surface area contributed by atoms with Crippen LogP contribution in [0.5, 0.6) is 5.75 Å². The first-order valence-corrected chi connectivity index (χ1v) is 31.2. The van der Waals surface area contributed by atoms with E-state index in [0.29, 0.717) is 39.8 Å². The first-order valence-electron chi connectivity index (χ1n) is 29.7. The molecule has 0 saturated carbocycles. The minimum Gasteiger partial charge on any atom is -0.508 e. The summed E-state index contributed by atoms with van der Waals surface area (Å²) in [7, 11) is -3.20. The van der Waals surface area contributed by atoms with Crippen LogP contribution in [-0.2, 0) is 100 Å². The molecule has 2 aliphatic heterocycles. The fraction of sp³-hybridized carbons (Fsp3) is 0.358. The highest BCUT2D eigenvalue weighted by Crippen LogP contribution is 2.51. The maximum Gasteiger partial charge on any atom is 0.475 e. The van der Waals surface area contributed by atoms with Crippen LogP contribution in [0, 0.1) is 5.92 Å². The van der Waals surface area contributed by atoms with Gasteiger partial charge < -0.3 is 50.8 Å². The third kappa shape index (κ3) is 18.7. The van der Waals surface area contributed by atoms with Gasteiger partial charge in [0.05, 0.1) is 26.4 Å². The highest BCUT2D eigenvalue weighted by Gasteiger charge is 2.46. The number of phenolic OH excluding ortho intramolecular Hbond substituents is 1. The number of phosphoric ester groups is 1. The van der Waals surface area contributed by atoms with Crippen molar-refractivity contribution in [2.45, 2.75) is 134 Å². The quantitative estimate of drug-likeness (QED) is 0.0307. The first-order chi connectivity index (χ1) is 42.9. The van der Waals surface area contributed by atoms with Gasteiger partial charge in [-0.05, 0) is 71.2 Å². The van der Waals surface area contributed by atoms with E-state index in [2.05, 4.69) is 21.3 Å². The summed E-state index contributed by atoms with van der Waals surface area (Å²) >= 11 is 0. The number of amides is 6. The summed E-state index contributed by atoms with van der Waals surface area (Å²) < 4.78 is 44.7. The molecule has 3 unspecified atom stereocenters. The molecule has 2 bridgehead atoms. The van der Waals surface area contributed by atoms with Gasteiger partial charge in [-0.1, -0.05) is 184 Å². The number of rotatable bonds is 22. The number of aromatic hydroxyl groups is 1. The Bertz CT molecular complexity index is 3310. The molecule has 6 aromatic rings. The van der Waals surface area contributed by atoms with Crippen molar-refractivity contribution in [2.75, 3.05) is 13.7 Å². The molecule has 2 saturated heterocycles. The number of hydrogen-bond acceptors (Lipinski definition) is 15. The van der Waals surface area contributed by atoms with E-state index in [1.54, 1.807) is 178 Å². The van der Waals surface area contributed by atoms with Crippen molar-refractivity contribution in [1.82, 2.24) is 31.1 Å². The molecule has 89 heavy (non-hydrogen) atoms. The summed E-state index contributed by atoms with van der Waals surface area (Å²) in [5, 5.41) is 33.0. The smallest absolute Gasteiger partial charge is 0.475 e. The van der Waals surface area contributed by atoms with Crippen LogP contribution in [0.1, 0.15) is 73.4 Å². The average Bonchev–Trinajstić information content (AvgIpc) is 1.39. The van der Waals surface area contributed by atoms with Crippen molar-refractivity contribution in [1.29, 1.82) is 0 Å². The molecule has 2 heterocycles. The molecule has 0 spiro atoms. The number of fused-ring (bicyclic) bond motifs is 2. The van der Waals surface area contributed by atoms with Gasteiger partial charge in [0, 0.05) is 26.3 Å². The predicted octanol–water partition coefficient (Wildman–Crippen LogP) is 6.63. The van der Waals surface area contributed by atoms with Crippen LogP contribution in [0.2, 0.25) is 0 Å². The van der Waals surface area contributed by atoms with Crippen molar-refractivity contribution >= 4 is 49.2 Å². The lowest BCUT2D eigenvalue weighted by atomic mass is 9.95. The minimum absolute atomic E-state index is 0.0591. The Hall–Kier alpha value is -8.56. The van der Waals surface area contributed by atoms with Gasteiger partial charge >= 0.3 is 13.8 Å². The summed E-state index contributed by atoms with van der Waals surface area (Å²) in [6, 6.07) is 40.8. The van der Waals surface area contributed by atoms with E-state index in [1.165, 1.54) is 26.1 Å². The number of phosphoric acid groups is 1. The summed E-state index contributed by atoms with van der Waals surface area (Å²) in [6.45, 7) is 3.39. The number of esters is 1. The SMILES string of the molecule is CC[C@H](C)[C@@H]1NC(=O)[C@H](Cc2ccc(O)cc2)N(C)C(=O)C(Cc2ccccc2)N2C(=O)[C@H](CC[C@H]2O)NC(=O)C(Cc2ccccc2)NC(=O)C(NC(=O)[C@H](COP(=O)(OCc2ccccc2)OCc2ccccc2)OCc2ccccc2)[C@@H](C)OC1=O. The van der Waals surface area contributed by atoms with Crippen LogP contribution in [0.4, 0.5) is 0 Å². The zero-order valence-electron chi connectivity index (χ0n) is 50.1. The summed E-state index contributed by atoms with van der Waals surface area (Å²) in [5.41, 5.74) is 3.57. The Morgan fingerprint density at radius 1 is 0.618 bits per heavy atom. The molecule has 6 amide bonds. The van der Waals surface area contributed by atoms with E-state index in [1.807, 2.05) is 0 Å². The average molecular weight is 1240 g/mol. The first kappa shape index (κ1) is 66.4. The maximum atomic E-state index is 15.4. The molecule has 21 nitrogen and oxygen atoms in total. The van der Waals surface area contributed by atoms with E-state index in [9.17, 15) is 24.4 Å². The lowest BCUT2D eigenvalue weighted by Gasteiger charge is -2.43. The number of aliphatic hydroxyl groups is 1. The van der Waals surface area contributed by atoms with Crippen molar-refractivity contribution in [3.05, 3.63) is 209 Å². The summed E-state index contributed by atoms with van der Waals surface area (Å²) in [4.78, 5) is 108. The van der Waals surface area contributed by atoms with Crippen LogP contribution < -0.4 is 21.3 Å². The topological polar surface area (TPSA) is 278 Å². The van der Waals surface area contributed by atoms with Gasteiger partial charge in [-0.15, -0.1) is 0 Å². The second-order valence-electron chi connectivity index (χ2n) is 22.2. The fourth-order valence-corrected chi connectivity index (χ4v) is 11.5. The molecule has 0 aliphatic carbocycles. The van der Waals surface area contributed by atoms with E-state index in [0.717, 1.165) is 9.80 Å². The Morgan fingerprint density at radius 2 is 1.11 bits per heavy atom. The van der Waals surface area contributed by atoms with Crippen LogP contribution in [0.25, 0.3) is 0 Å². The normalized spacial score (nSPS) is 22.3. The van der Waals surface area contributed by atoms with Crippen molar-refractivity contribution in [2.24, 2.45) is 5.92 Å². The molecular weight excluding hydrogens is 1160 g/mol. The number of benzene rings is 6. The van der Waals surface area contributed by atoms with Crippen LogP contribution in [0.3, 0.4) is 0 Å². The molecule has 6 aromatic carbocycles. The van der Waals surface area contributed by atoms with Gasteiger partial charge in [-0.25, -0.2) is 9.36 Å². The monoisotopic (exact) mass is 1240 g/mol. The molecule has 22 heteroatoms. The van der Waals surface area contributed by atoms with Crippen LogP contribution >= 0.6 is 7.82 Å². The number of nitrogens with one attached hydrogen (secondary N) is 4. The second kappa shape index (κ2) is 32.1. The Labute approximate surface area is 518 Å². The van der Waals surface area contributed by atoms with Crippen LogP contribution in [0.15, 0.2) is 176 Å². The molecule has 0 aromatic heterocycles. The Kier molecular flexibility index (Phi) is 23.9. The zero-order chi connectivity index (χ0) is 63.5. The number of carbonyl (C=O) groups is 7. The third-order valence-corrected chi connectivity index (χ3v) is 17.1. The largest absolute Gasteiger partial charge is 0.508 e. The highest BCUT2D eigenvalue weighted by atomic mass is 31.2. The minimum atomic E-state index is -4.57. The highest BCUT2D eigenvalue weighted by molar-refractivity contribution is 7.48. The molecule has 2 fully saturated rings. The molecular formula is C67H77N6O15P. The number of nitrogens with zero attached hydrogens (tertiary/aromatic N) is 2. The van der Waals surface area contributed by atoms with E-state index in [-0.39, 0.29) is 57.7 Å². The molecule has 0 radical (unpaired) electrons. The van der Waals surface area contributed by atoms with Gasteiger partial charge in [0.25, 0.3) is 5.91 Å². The number of aliphatic hydroxyl groups excluding tert-OH is 1. The lowest BCUT2D eigenvalue weighted by Crippen LogP contribution is -2.65. The molecule has 10 atom stereocenters. The molecule has 470 valence electrons. The number of ether oxygens (including phenoxy) is 2. The fourth-order valence-electron chi connectivity index (χ4n) is 10.4. The van der Waals surface area contributed by atoms with Crippen molar-refractivity contribution in [3.8, 4) is 5.75 Å². The van der Waals surface area contributed by atoms with Gasteiger partial charge in [-0.2, -0.15) is 0 Å². The van der Waals surface area contributed by atoms with Gasteiger partial charge in [-0.3, -0.25) is 42.3 Å². The van der Waals surface area contributed by atoms with E-state index < -0.39 is 116 Å². The molecule has 2 aliphatic rings. The maximum absolute atomic E-state index is 15.4. The number of cyclic esters (lactones) is 1. The number of likely N-dealkylation sites (N-methyl/N-ethyl adjacent to an activating group) is 1. The van der Waals surface area contributed by atoms with Crippen LogP contribution in [-0.4, -0.2) is 130 Å². The number of piperidine rings is 1. The number of carbonyl (C=O) groups excluding carboxylic acids is 7. The van der Waals surface area contributed by atoms with Gasteiger partial charge in [0.15, 0.2) is 6.10 Å². The van der Waals surface area contributed by atoms with Gasteiger partial charge in [0.1, 0.15) is 54.3 Å². The third-order valence-electron chi connectivity index (χ3n) is 15.7.